The molecule has 4 nitrogen and oxygen atoms in total. The molecule has 1 atom stereocenters. The van der Waals surface area contributed by atoms with Gasteiger partial charge in [-0.1, -0.05) is 41.4 Å². The molecule has 1 aromatic carbocycles. The minimum absolute atomic E-state index is 0.0615. The van der Waals surface area contributed by atoms with Crippen molar-refractivity contribution in [1.29, 1.82) is 0 Å². The summed E-state index contributed by atoms with van der Waals surface area (Å²) in [6, 6.07) is 9.05. The molecule has 0 saturated carbocycles. The predicted octanol–water partition coefficient (Wildman–Crippen LogP) is 3.57. The Bertz CT molecular complexity index is 706. The smallest absolute Gasteiger partial charge is 0.228 e. The van der Waals surface area contributed by atoms with Crippen molar-refractivity contribution in [3.8, 4) is 5.88 Å². The summed E-state index contributed by atoms with van der Waals surface area (Å²) in [6.45, 7) is 0.825. The van der Waals surface area contributed by atoms with Crippen molar-refractivity contribution in [1.82, 2.24) is 10.3 Å². The van der Waals surface area contributed by atoms with E-state index in [4.69, 9.17) is 27.9 Å². The van der Waals surface area contributed by atoms with Crippen LogP contribution in [-0.4, -0.2) is 17.5 Å². The van der Waals surface area contributed by atoms with Gasteiger partial charge in [0.15, 0.2) is 0 Å². The van der Waals surface area contributed by atoms with Gasteiger partial charge in [0.2, 0.25) is 11.8 Å². The average Bonchev–Trinajstić information content (AvgIpc) is 2.55. The number of aromatic nitrogens is 1. The molecule has 0 fully saturated rings. The maximum Gasteiger partial charge on any atom is 0.228 e. The number of pyridine rings is 1. The standard InChI is InChI=1S/C16H14Cl2N2O2/c17-13-5-1-3-10(14(13)18)9-20-15(21)11-6-8-22-16-12(11)4-2-7-19-16/h1-5,7,11H,6,8-9H2,(H,20,21). The quantitative estimate of drug-likeness (QED) is 0.932. The van der Waals surface area contributed by atoms with Gasteiger partial charge in [0, 0.05) is 18.3 Å². The lowest BCUT2D eigenvalue weighted by Crippen LogP contribution is -2.32. The van der Waals surface area contributed by atoms with Crippen molar-refractivity contribution < 1.29 is 9.53 Å². The first-order chi connectivity index (χ1) is 10.7. The topological polar surface area (TPSA) is 51.2 Å². The third kappa shape index (κ3) is 3.03. The maximum atomic E-state index is 12.5. The van der Waals surface area contributed by atoms with Gasteiger partial charge in [0.1, 0.15) is 0 Å². The van der Waals surface area contributed by atoms with Gasteiger partial charge >= 0.3 is 0 Å². The average molecular weight is 337 g/mol. The normalized spacial score (nSPS) is 16.5. The van der Waals surface area contributed by atoms with Crippen LogP contribution in [0.5, 0.6) is 5.88 Å². The van der Waals surface area contributed by atoms with Gasteiger partial charge in [0.05, 0.1) is 22.6 Å². The van der Waals surface area contributed by atoms with Gasteiger partial charge < -0.3 is 10.1 Å². The zero-order valence-electron chi connectivity index (χ0n) is 11.7. The van der Waals surface area contributed by atoms with Crippen molar-refractivity contribution in [3.63, 3.8) is 0 Å². The van der Waals surface area contributed by atoms with E-state index in [1.54, 1.807) is 12.3 Å². The Kier molecular flexibility index (Phi) is 4.50. The van der Waals surface area contributed by atoms with Crippen LogP contribution in [0.2, 0.25) is 10.0 Å². The first kappa shape index (κ1) is 15.1. The van der Waals surface area contributed by atoms with Crippen molar-refractivity contribution in [2.45, 2.75) is 18.9 Å². The van der Waals surface area contributed by atoms with Crippen molar-refractivity contribution in [2.75, 3.05) is 6.61 Å². The number of nitrogens with zero attached hydrogens (tertiary/aromatic N) is 1. The van der Waals surface area contributed by atoms with Crippen LogP contribution in [0.25, 0.3) is 0 Å². The van der Waals surface area contributed by atoms with Crippen LogP contribution in [0.15, 0.2) is 36.5 Å². The Morgan fingerprint density at radius 1 is 1.32 bits per heavy atom. The van der Waals surface area contributed by atoms with E-state index in [9.17, 15) is 4.79 Å². The molecular formula is C16H14Cl2N2O2. The van der Waals surface area contributed by atoms with Crippen molar-refractivity contribution >= 4 is 29.1 Å². The summed E-state index contributed by atoms with van der Waals surface area (Å²) >= 11 is 12.1. The molecule has 0 spiro atoms. The molecule has 114 valence electrons. The second kappa shape index (κ2) is 6.55. The zero-order chi connectivity index (χ0) is 15.5. The number of nitrogens with one attached hydrogen (secondary N) is 1. The Morgan fingerprint density at radius 3 is 3.05 bits per heavy atom. The van der Waals surface area contributed by atoms with Crippen molar-refractivity contribution in [3.05, 3.63) is 57.7 Å². The second-order valence-corrected chi connectivity index (χ2v) is 5.80. The fourth-order valence-electron chi connectivity index (χ4n) is 2.48. The highest BCUT2D eigenvalue weighted by Gasteiger charge is 2.28. The Balaban J connectivity index is 1.72. The zero-order valence-corrected chi connectivity index (χ0v) is 13.2. The minimum Gasteiger partial charge on any atom is -0.477 e. The van der Waals surface area contributed by atoms with Crippen LogP contribution in [0.4, 0.5) is 0 Å². The number of carbonyl (C=O) groups is 1. The SMILES string of the molecule is O=C(NCc1cccc(Cl)c1Cl)C1CCOc2ncccc21. The molecule has 1 unspecified atom stereocenters. The summed E-state index contributed by atoms with van der Waals surface area (Å²) in [4.78, 5) is 16.6. The molecule has 1 N–H and O–H groups in total. The highest BCUT2D eigenvalue weighted by Crippen LogP contribution is 2.32. The van der Waals surface area contributed by atoms with E-state index < -0.39 is 0 Å². The first-order valence-electron chi connectivity index (χ1n) is 6.95. The summed E-state index contributed by atoms with van der Waals surface area (Å²) in [5.41, 5.74) is 1.62. The lowest BCUT2D eigenvalue weighted by atomic mass is 9.94. The summed E-state index contributed by atoms with van der Waals surface area (Å²) in [6.07, 6.45) is 2.29. The molecule has 2 aromatic rings. The van der Waals surface area contributed by atoms with E-state index in [1.807, 2.05) is 24.3 Å². The van der Waals surface area contributed by atoms with E-state index in [2.05, 4.69) is 10.3 Å². The number of rotatable bonds is 3. The molecule has 1 aliphatic heterocycles. The minimum atomic E-state index is -0.254. The van der Waals surface area contributed by atoms with E-state index in [0.717, 1.165) is 11.1 Å². The van der Waals surface area contributed by atoms with Crippen LogP contribution < -0.4 is 10.1 Å². The summed E-state index contributed by atoms with van der Waals surface area (Å²) in [7, 11) is 0. The molecule has 0 radical (unpaired) electrons. The largest absolute Gasteiger partial charge is 0.477 e. The molecule has 1 aliphatic rings. The molecule has 0 bridgehead atoms. The van der Waals surface area contributed by atoms with Gasteiger partial charge in [-0.15, -0.1) is 0 Å². The Labute approximate surface area is 138 Å². The third-order valence-corrected chi connectivity index (χ3v) is 4.48. The van der Waals surface area contributed by atoms with Gasteiger partial charge in [-0.2, -0.15) is 0 Å². The number of hydrogen-bond acceptors (Lipinski definition) is 3. The van der Waals surface area contributed by atoms with Gasteiger partial charge in [-0.3, -0.25) is 4.79 Å². The highest BCUT2D eigenvalue weighted by atomic mass is 35.5. The second-order valence-electron chi connectivity index (χ2n) is 5.02. The third-order valence-electron chi connectivity index (χ3n) is 3.62. The summed E-state index contributed by atoms with van der Waals surface area (Å²) in [5, 5.41) is 3.86. The van der Waals surface area contributed by atoms with Crippen molar-refractivity contribution in [2.24, 2.45) is 0 Å². The number of carbonyl (C=O) groups excluding carboxylic acids is 1. The molecule has 2 heterocycles. The van der Waals surface area contributed by atoms with E-state index in [0.29, 0.717) is 35.5 Å². The summed E-state index contributed by atoms with van der Waals surface area (Å²) in [5.74, 6) is 0.221. The van der Waals surface area contributed by atoms with Gasteiger partial charge in [-0.25, -0.2) is 4.98 Å². The molecule has 1 aromatic heterocycles. The van der Waals surface area contributed by atoms with Gasteiger partial charge in [-0.05, 0) is 24.1 Å². The summed E-state index contributed by atoms with van der Waals surface area (Å²) < 4.78 is 5.47. The Hall–Kier alpha value is -1.78. The van der Waals surface area contributed by atoms with E-state index in [1.165, 1.54) is 0 Å². The lowest BCUT2D eigenvalue weighted by molar-refractivity contribution is -0.123. The monoisotopic (exact) mass is 336 g/mol. The lowest BCUT2D eigenvalue weighted by Gasteiger charge is -2.24. The fraction of sp³-hybridized carbons (Fsp3) is 0.250. The number of halogens is 2. The van der Waals surface area contributed by atoms with Crippen LogP contribution in [-0.2, 0) is 11.3 Å². The molecule has 22 heavy (non-hydrogen) atoms. The fourth-order valence-corrected chi connectivity index (χ4v) is 2.87. The Morgan fingerprint density at radius 2 is 2.18 bits per heavy atom. The number of ether oxygens (including phenoxy) is 1. The van der Waals surface area contributed by atoms with Crippen LogP contribution in [0.3, 0.4) is 0 Å². The predicted molar refractivity (Wildman–Crippen MR) is 85.4 cm³/mol. The molecular weight excluding hydrogens is 323 g/mol. The van der Waals surface area contributed by atoms with Crippen LogP contribution in [0.1, 0.15) is 23.5 Å². The maximum absolute atomic E-state index is 12.5. The number of hydrogen-bond donors (Lipinski definition) is 1. The number of amides is 1. The first-order valence-corrected chi connectivity index (χ1v) is 7.70. The van der Waals surface area contributed by atoms with Crippen LogP contribution >= 0.6 is 23.2 Å². The number of fused-ring (bicyclic) bond motifs is 1. The van der Waals surface area contributed by atoms with E-state index >= 15 is 0 Å². The molecule has 6 heteroatoms. The molecule has 1 amide bonds. The molecule has 3 rings (SSSR count). The highest BCUT2D eigenvalue weighted by molar-refractivity contribution is 6.42. The number of benzene rings is 1. The molecule has 0 saturated heterocycles. The van der Waals surface area contributed by atoms with E-state index in [-0.39, 0.29) is 11.8 Å². The molecule has 0 aliphatic carbocycles. The van der Waals surface area contributed by atoms with Crippen LogP contribution in [0, 0.1) is 0 Å². The van der Waals surface area contributed by atoms with Gasteiger partial charge in [0.25, 0.3) is 0 Å².